The summed E-state index contributed by atoms with van der Waals surface area (Å²) in [6.45, 7) is 2.11. The molecule has 0 radical (unpaired) electrons. The Balaban J connectivity index is 1.58. The molecule has 0 spiro atoms. The van der Waals surface area contributed by atoms with Crippen LogP contribution in [0.2, 0.25) is 0 Å². The van der Waals surface area contributed by atoms with Crippen LogP contribution < -0.4 is 10.1 Å². The third-order valence-electron chi connectivity index (χ3n) is 2.54. The maximum atomic E-state index is 13.2. The molecule has 0 fully saturated rings. The van der Waals surface area contributed by atoms with Gasteiger partial charge in [0.1, 0.15) is 6.61 Å². The second-order valence-corrected chi connectivity index (χ2v) is 4.69. The molecule has 0 aliphatic heterocycles. The monoisotopic (exact) mass is 265 g/mol. The van der Waals surface area contributed by atoms with Crippen molar-refractivity contribution in [1.29, 1.82) is 0 Å². The van der Waals surface area contributed by atoms with Gasteiger partial charge < -0.3 is 10.1 Å². The first kappa shape index (κ1) is 13.1. The van der Waals surface area contributed by atoms with Crippen LogP contribution in [0.15, 0.2) is 41.1 Å². The Morgan fingerprint density at radius 2 is 2.06 bits per heavy atom. The lowest BCUT2D eigenvalue weighted by molar-refractivity contribution is 0.299. The van der Waals surface area contributed by atoms with Gasteiger partial charge in [0.15, 0.2) is 11.6 Å². The number of ether oxygens (including phenoxy) is 1. The van der Waals surface area contributed by atoms with Crippen LogP contribution in [0.4, 0.5) is 4.39 Å². The highest BCUT2D eigenvalue weighted by atomic mass is 32.1. The van der Waals surface area contributed by atoms with Crippen molar-refractivity contribution < 1.29 is 9.13 Å². The van der Waals surface area contributed by atoms with E-state index in [4.69, 9.17) is 4.74 Å². The molecule has 1 heterocycles. The van der Waals surface area contributed by atoms with Gasteiger partial charge >= 0.3 is 0 Å². The normalized spacial score (nSPS) is 10.5. The molecule has 2 aromatic rings. The van der Waals surface area contributed by atoms with Crippen molar-refractivity contribution in [3.63, 3.8) is 0 Å². The van der Waals surface area contributed by atoms with Crippen LogP contribution in [0.25, 0.3) is 0 Å². The number of benzene rings is 1. The zero-order valence-electron chi connectivity index (χ0n) is 10.1. The minimum Gasteiger partial charge on any atom is -0.489 e. The molecule has 4 heteroatoms. The Bertz CT molecular complexity index is 459. The Labute approximate surface area is 110 Å². The molecule has 0 unspecified atom stereocenters. The summed E-state index contributed by atoms with van der Waals surface area (Å²) in [6.07, 6.45) is 1.02. The van der Waals surface area contributed by atoms with Crippen molar-refractivity contribution in [2.45, 2.75) is 6.42 Å². The van der Waals surface area contributed by atoms with Crippen molar-refractivity contribution in [2.24, 2.45) is 0 Å². The van der Waals surface area contributed by atoms with E-state index < -0.39 is 0 Å². The summed E-state index contributed by atoms with van der Waals surface area (Å²) in [7, 11) is 0. The SMILES string of the molecule is Fc1ccccc1OCCNCCc1ccsc1. The van der Waals surface area contributed by atoms with E-state index in [-0.39, 0.29) is 5.82 Å². The van der Waals surface area contributed by atoms with Crippen molar-refractivity contribution in [3.8, 4) is 5.75 Å². The van der Waals surface area contributed by atoms with E-state index in [0.717, 1.165) is 19.5 Å². The van der Waals surface area contributed by atoms with Crippen molar-refractivity contribution in [2.75, 3.05) is 19.7 Å². The molecule has 0 atom stereocenters. The van der Waals surface area contributed by atoms with Crippen LogP contribution in [0.3, 0.4) is 0 Å². The van der Waals surface area contributed by atoms with Gasteiger partial charge in [-0.1, -0.05) is 12.1 Å². The van der Waals surface area contributed by atoms with Gasteiger partial charge in [0.2, 0.25) is 0 Å². The molecule has 0 aliphatic carbocycles. The second-order valence-electron chi connectivity index (χ2n) is 3.91. The summed E-state index contributed by atoms with van der Waals surface area (Å²) in [5.41, 5.74) is 1.35. The highest BCUT2D eigenvalue weighted by Crippen LogP contribution is 2.14. The topological polar surface area (TPSA) is 21.3 Å². The predicted molar refractivity (Wildman–Crippen MR) is 72.8 cm³/mol. The summed E-state index contributed by atoms with van der Waals surface area (Å²) >= 11 is 1.71. The van der Waals surface area contributed by atoms with E-state index in [1.807, 2.05) is 0 Å². The van der Waals surface area contributed by atoms with Crippen LogP contribution in [0.5, 0.6) is 5.75 Å². The zero-order valence-corrected chi connectivity index (χ0v) is 10.9. The third-order valence-corrected chi connectivity index (χ3v) is 3.28. The summed E-state index contributed by atoms with van der Waals surface area (Å²) in [6, 6.07) is 8.59. The number of halogens is 1. The second kappa shape index (κ2) is 7.13. The van der Waals surface area contributed by atoms with Gasteiger partial charge in [-0.2, -0.15) is 11.3 Å². The maximum absolute atomic E-state index is 13.2. The number of thiophene rings is 1. The maximum Gasteiger partial charge on any atom is 0.165 e. The molecular weight excluding hydrogens is 249 g/mol. The molecule has 1 aromatic heterocycles. The predicted octanol–water partition coefficient (Wildman–Crippen LogP) is 3.10. The minimum absolute atomic E-state index is 0.309. The van der Waals surface area contributed by atoms with Gasteiger partial charge in [0.05, 0.1) is 0 Å². The number of rotatable bonds is 7. The summed E-state index contributed by atoms with van der Waals surface area (Å²) in [4.78, 5) is 0. The summed E-state index contributed by atoms with van der Waals surface area (Å²) in [5.74, 6) is 0.00732. The Morgan fingerprint density at radius 1 is 1.17 bits per heavy atom. The van der Waals surface area contributed by atoms with Gasteiger partial charge in [0.25, 0.3) is 0 Å². The lowest BCUT2D eigenvalue weighted by Gasteiger charge is -2.07. The molecule has 96 valence electrons. The third kappa shape index (κ3) is 4.13. The van der Waals surface area contributed by atoms with Crippen LogP contribution in [-0.2, 0) is 6.42 Å². The van der Waals surface area contributed by atoms with Crippen LogP contribution in [0, 0.1) is 5.82 Å². The molecule has 18 heavy (non-hydrogen) atoms. The summed E-state index contributed by atoms with van der Waals surface area (Å²) < 4.78 is 18.5. The number of hydrogen-bond acceptors (Lipinski definition) is 3. The smallest absolute Gasteiger partial charge is 0.165 e. The van der Waals surface area contributed by atoms with Gasteiger partial charge in [-0.15, -0.1) is 0 Å². The van der Waals surface area contributed by atoms with Crippen molar-refractivity contribution in [3.05, 3.63) is 52.5 Å². The average molecular weight is 265 g/mol. The summed E-state index contributed by atoms with van der Waals surface area (Å²) in [5, 5.41) is 7.50. The van der Waals surface area contributed by atoms with Gasteiger partial charge in [-0.25, -0.2) is 4.39 Å². The first-order valence-electron chi connectivity index (χ1n) is 5.95. The molecule has 1 N–H and O–H groups in total. The van der Waals surface area contributed by atoms with Gasteiger partial charge in [0, 0.05) is 6.54 Å². The standard InChI is InChI=1S/C14H16FNOS/c15-13-3-1-2-4-14(13)17-9-8-16-7-5-12-6-10-18-11-12/h1-4,6,10-11,16H,5,7-9H2. The van der Waals surface area contributed by atoms with E-state index in [0.29, 0.717) is 12.4 Å². The van der Waals surface area contributed by atoms with E-state index >= 15 is 0 Å². The van der Waals surface area contributed by atoms with Crippen LogP contribution in [-0.4, -0.2) is 19.7 Å². The quantitative estimate of drug-likeness (QED) is 0.777. The van der Waals surface area contributed by atoms with Crippen molar-refractivity contribution in [1.82, 2.24) is 5.32 Å². The Hall–Kier alpha value is -1.39. The van der Waals surface area contributed by atoms with E-state index in [1.54, 1.807) is 29.5 Å². The molecule has 2 rings (SSSR count). The molecule has 0 bridgehead atoms. The molecular formula is C14H16FNOS. The first-order valence-corrected chi connectivity index (χ1v) is 6.89. The van der Waals surface area contributed by atoms with Gasteiger partial charge in [-0.05, 0) is 47.5 Å². The number of nitrogens with one attached hydrogen (secondary N) is 1. The highest BCUT2D eigenvalue weighted by Gasteiger charge is 2.00. The molecule has 0 aliphatic rings. The Morgan fingerprint density at radius 3 is 2.83 bits per heavy atom. The number of hydrogen-bond donors (Lipinski definition) is 1. The van der Waals surface area contributed by atoms with Crippen LogP contribution >= 0.6 is 11.3 Å². The van der Waals surface area contributed by atoms with Gasteiger partial charge in [-0.3, -0.25) is 0 Å². The van der Waals surface area contributed by atoms with E-state index in [9.17, 15) is 4.39 Å². The minimum atomic E-state index is -0.309. The molecule has 0 amide bonds. The highest BCUT2D eigenvalue weighted by molar-refractivity contribution is 7.07. The lowest BCUT2D eigenvalue weighted by Crippen LogP contribution is -2.23. The fraction of sp³-hybridized carbons (Fsp3) is 0.286. The van der Waals surface area contributed by atoms with E-state index in [1.165, 1.54) is 11.6 Å². The number of para-hydroxylation sites is 1. The average Bonchev–Trinajstić information content (AvgIpc) is 2.89. The molecule has 0 saturated carbocycles. The first-order chi connectivity index (χ1) is 8.86. The Kier molecular flexibility index (Phi) is 5.17. The van der Waals surface area contributed by atoms with E-state index in [2.05, 4.69) is 22.1 Å². The fourth-order valence-corrected chi connectivity index (χ4v) is 2.29. The largest absolute Gasteiger partial charge is 0.489 e. The molecule has 2 nitrogen and oxygen atoms in total. The molecule has 0 saturated heterocycles. The molecule has 1 aromatic carbocycles. The van der Waals surface area contributed by atoms with Crippen LogP contribution in [0.1, 0.15) is 5.56 Å². The lowest BCUT2D eigenvalue weighted by atomic mass is 10.2. The van der Waals surface area contributed by atoms with Crippen molar-refractivity contribution >= 4 is 11.3 Å². The zero-order chi connectivity index (χ0) is 12.6. The fourth-order valence-electron chi connectivity index (χ4n) is 1.59.